The number of hydrogen-bond acceptors (Lipinski definition) is 3. The third-order valence-corrected chi connectivity index (χ3v) is 3.44. The fraction of sp³-hybridized carbons (Fsp3) is 0.643. The number of rotatable bonds is 5. The van der Waals surface area contributed by atoms with Crippen LogP contribution in [0.2, 0.25) is 0 Å². The van der Waals surface area contributed by atoms with Crippen molar-refractivity contribution >= 4 is 11.9 Å². The summed E-state index contributed by atoms with van der Waals surface area (Å²) in [6, 6.07) is 1.99. The van der Waals surface area contributed by atoms with Crippen LogP contribution in [0.3, 0.4) is 0 Å². The van der Waals surface area contributed by atoms with Crippen molar-refractivity contribution in [1.82, 2.24) is 4.90 Å². The van der Waals surface area contributed by atoms with Crippen LogP contribution in [0, 0.1) is 23.2 Å². The van der Waals surface area contributed by atoms with Crippen LogP contribution in [0.5, 0.6) is 0 Å². The molecule has 5 nitrogen and oxygen atoms in total. The summed E-state index contributed by atoms with van der Waals surface area (Å²) in [5, 5.41) is 17.8. The molecular formula is C14H20N2O3. The Morgan fingerprint density at radius 2 is 1.95 bits per heavy atom. The Morgan fingerprint density at radius 1 is 1.37 bits per heavy atom. The van der Waals surface area contributed by atoms with Crippen molar-refractivity contribution in [3.63, 3.8) is 0 Å². The van der Waals surface area contributed by atoms with Gasteiger partial charge in [0.25, 0.3) is 0 Å². The van der Waals surface area contributed by atoms with E-state index in [4.69, 9.17) is 5.26 Å². The van der Waals surface area contributed by atoms with Crippen LogP contribution in [0.1, 0.15) is 33.1 Å². The van der Waals surface area contributed by atoms with Crippen LogP contribution < -0.4 is 0 Å². The second kappa shape index (κ2) is 6.93. The second-order valence-corrected chi connectivity index (χ2v) is 5.03. The van der Waals surface area contributed by atoms with Gasteiger partial charge in [0, 0.05) is 12.6 Å². The Hall–Kier alpha value is -1.83. The molecule has 2 atom stereocenters. The SMILES string of the molecule is CC(C)N(CCC#N)C(=O)C1CC=CCC1C(=O)O. The first-order valence-electron chi connectivity index (χ1n) is 6.54. The molecule has 5 heteroatoms. The molecule has 1 aliphatic carbocycles. The van der Waals surface area contributed by atoms with Crippen LogP contribution >= 0.6 is 0 Å². The predicted octanol–water partition coefficient (Wildman–Crippen LogP) is 1.80. The number of carbonyl (C=O) groups excluding carboxylic acids is 1. The lowest BCUT2D eigenvalue weighted by Gasteiger charge is -2.33. The van der Waals surface area contributed by atoms with Gasteiger partial charge in [0.15, 0.2) is 0 Å². The van der Waals surface area contributed by atoms with Gasteiger partial charge in [-0.15, -0.1) is 0 Å². The monoisotopic (exact) mass is 264 g/mol. The van der Waals surface area contributed by atoms with Crippen LogP contribution in [-0.2, 0) is 9.59 Å². The highest BCUT2D eigenvalue weighted by Crippen LogP contribution is 2.28. The van der Waals surface area contributed by atoms with E-state index in [-0.39, 0.29) is 18.4 Å². The Bertz CT molecular complexity index is 409. The average Bonchev–Trinajstić information content (AvgIpc) is 2.38. The van der Waals surface area contributed by atoms with Gasteiger partial charge in [0.05, 0.1) is 24.3 Å². The third-order valence-electron chi connectivity index (χ3n) is 3.44. The lowest BCUT2D eigenvalue weighted by Crippen LogP contribution is -2.45. The molecule has 1 rings (SSSR count). The molecule has 0 spiro atoms. The number of hydrogen-bond donors (Lipinski definition) is 1. The lowest BCUT2D eigenvalue weighted by atomic mass is 9.82. The first-order valence-corrected chi connectivity index (χ1v) is 6.54. The van der Waals surface area contributed by atoms with Gasteiger partial charge in [0.2, 0.25) is 5.91 Å². The van der Waals surface area contributed by atoms with Crippen molar-refractivity contribution in [2.24, 2.45) is 11.8 Å². The number of allylic oxidation sites excluding steroid dienone is 2. The molecular weight excluding hydrogens is 244 g/mol. The van der Waals surface area contributed by atoms with Crippen molar-refractivity contribution in [2.75, 3.05) is 6.54 Å². The summed E-state index contributed by atoms with van der Waals surface area (Å²) in [7, 11) is 0. The van der Waals surface area contributed by atoms with E-state index in [0.29, 0.717) is 19.4 Å². The van der Waals surface area contributed by atoms with E-state index < -0.39 is 17.8 Å². The van der Waals surface area contributed by atoms with Gasteiger partial charge in [-0.05, 0) is 26.7 Å². The van der Waals surface area contributed by atoms with Gasteiger partial charge in [-0.3, -0.25) is 9.59 Å². The zero-order valence-corrected chi connectivity index (χ0v) is 11.4. The van der Waals surface area contributed by atoms with Crippen molar-refractivity contribution in [3.05, 3.63) is 12.2 Å². The maximum Gasteiger partial charge on any atom is 0.307 e. The van der Waals surface area contributed by atoms with Crippen LogP contribution in [-0.4, -0.2) is 34.5 Å². The highest BCUT2D eigenvalue weighted by atomic mass is 16.4. The average molecular weight is 264 g/mol. The fourth-order valence-electron chi connectivity index (χ4n) is 2.37. The van der Waals surface area contributed by atoms with E-state index in [1.54, 1.807) is 4.90 Å². The zero-order chi connectivity index (χ0) is 14.4. The highest BCUT2D eigenvalue weighted by Gasteiger charge is 2.36. The van der Waals surface area contributed by atoms with Crippen LogP contribution in [0.25, 0.3) is 0 Å². The quantitative estimate of drug-likeness (QED) is 0.768. The molecule has 104 valence electrons. The Balaban J connectivity index is 2.85. The summed E-state index contributed by atoms with van der Waals surface area (Å²) < 4.78 is 0. The summed E-state index contributed by atoms with van der Waals surface area (Å²) in [6.07, 6.45) is 4.81. The molecule has 1 N–H and O–H groups in total. The number of amides is 1. The summed E-state index contributed by atoms with van der Waals surface area (Å²) in [5.41, 5.74) is 0. The smallest absolute Gasteiger partial charge is 0.307 e. The van der Waals surface area contributed by atoms with Crippen molar-refractivity contribution < 1.29 is 14.7 Å². The number of carboxylic acids is 1. The first kappa shape index (κ1) is 15.2. The Morgan fingerprint density at radius 3 is 2.42 bits per heavy atom. The summed E-state index contributed by atoms with van der Waals surface area (Å²) in [5.74, 6) is -2.24. The van der Waals surface area contributed by atoms with Gasteiger partial charge >= 0.3 is 5.97 Å². The first-order chi connectivity index (χ1) is 8.99. The molecule has 0 aromatic heterocycles. The number of nitrogens with zero attached hydrogens (tertiary/aromatic N) is 2. The third kappa shape index (κ3) is 3.82. The van der Waals surface area contributed by atoms with Crippen molar-refractivity contribution in [2.45, 2.75) is 39.2 Å². The van der Waals surface area contributed by atoms with E-state index in [0.717, 1.165) is 0 Å². The van der Waals surface area contributed by atoms with E-state index in [9.17, 15) is 14.7 Å². The maximum absolute atomic E-state index is 12.5. The Labute approximate surface area is 113 Å². The minimum atomic E-state index is -0.924. The van der Waals surface area contributed by atoms with Crippen LogP contribution in [0.4, 0.5) is 0 Å². The molecule has 0 fully saturated rings. The van der Waals surface area contributed by atoms with E-state index >= 15 is 0 Å². The number of aliphatic carboxylic acids is 1. The largest absolute Gasteiger partial charge is 0.481 e. The number of carbonyl (C=O) groups is 2. The lowest BCUT2D eigenvalue weighted by molar-refractivity contribution is -0.151. The van der Waals surface area contributed by atoms with Crippen LogP contribution in [0.15, 0.2) is 12.2 Å². The molecule has 0 aromatic rings. The normalized spacial score (nSPS) is 22.0. The molecule has 1 amide bonds. The molecule has 19 heavy (non-hydrogen) atoms. The molecule has 1 aliphatic rings. The second-order valence-electron chi connectivity index (χ2n) is 5.03. The summed E-state index contributed by atoms with van der Waals surface area (Å²) in [4.78, 5) is 25.3. The molecule has 0 aromatic carbocycles. The zero-order valence-electron chi connectivity index (χ0n) is 11.4. The number of nitriles is 1. The molecule has 0 radical (unpaired) electrons. The fourth-order valence-corrected chi connectivity index (χ4v) is 2.37. The molecule has 0 saturated heterocycles. The minimum Gasteiger partial charge on any atom is -0.481 e. The summed E-state index contributed by atoms with van der Waals surface area (Å²) in [6.45, 7) is 4.12. The van der Waals surface area contributed by atoms with Gasteiger partial charge in [-0.25, -0.2) is 0 Å². The van der Waals surface area contributed by atoms with Gasteiger partial charge in [-0.1, -0.05) is 12.2 Å². The standard InChI is InChI=1S/C14H20N2O3/c1-10(2)16(9-5-8-15)13(17)11-6-3-4-7-12(11)14(18)19/h3-4,10-12H,5-7,9H2,1-2H3,(H,18,19). The maximum atomic E-state index is 12.5. The Kier molecular flexibility index (Phi) is 5.56. The van der Waals surface area contributed by atoms with Crippen molar-refractivity contribution in [1.29, 1.82) is 5.26 Å². The van der Waals surface area contributed by atoms with E-state index in [2.05, 4.69) is 0 Å². The van der Waals surface area contributed by atoms with Gasteiger partial charge in [0.1, 0.15) is 0 Å². The topological polar surface area (TPSA) is 81.4 Å². The van der Waals surface area contributed by atoms with E-state index in [1.807, 2.05) is 32.1 Å². The van der Waals surface area contributed by atoms with Gasteiger partial charge < -0.3 is 10.0 Å². The molecule has 0 heterocycles. The molecule has 0 aliphatic heterocycles. The molecule has 0 bridgehead atoms. The summed E-state index contributed by atoms with van der Waals surface area (Å²) >= 11 is 0. The minimum absolute atomic E-state index is 0.0267. The van der Waals surface area contributed by atoms with Gasteiger partial charge in [-0.2, -0.15) is 5.26 Å². The van der Waals surface area contributed by atoms with E-state index in [1.165, 1.54) is 0 Å². The number of carboxylic acid groups (broad SMARTS) is 1. The highest BCUT2D eigenvalue weighted by molar-refractivity contribution is 5.85. The molecule has 2 unspecified atom stereocenters. The predicted molar refractivity (Wildman–Crippen MR) is 70.1 cm³/mol. The molecule has 0 saturated carbocycles. The van der Waals surface area contributed by atoms with Crippen molar-refractivity contribution in [3.8, 4) is 6.07 Å².